The Bertz CT molecular complexity index is 1740. The van der Waals surface area contributed by atoms with E-state index in [1.807, 2.05) is 38.1 Å². The fourth-order valence-corrected chi connectivity index (χ4v) is 5.95. The number of nitrogens with zero attached hydrogens (tertiary/aromatic N) is 5. The van der Waals surface area contributed by atoms with E-state index in [9.17, 15) is 22.4 Å². The number of thioether (sulfide) groups is 1. The zero-order valence-electron chi connectivity index (χ0n) is 24.9. The first-order valence-electron chi connectivity index (χ1n) is 14.5. The number of halogens is 4. The van der Waals surface area contributed by atoms with Gasteiger partial charge in [-0.25, -0.2) is 14.1 Å². The summed E-state index contributed by atoms with van der Waals surface area (Å²) >= 11 is 6.74. The van der Waals surface area contributed by atoms with Crippen LogP contribution in [0.1, 0.15) is 43.7 Å². The van der Waals surface area contributed by atoms with Gasteiger partial charge in [0.15, 0.2) is 16.1 Å². The van der Waals surface area contributed by atoms with E-state index in [1.54, 1.807) is 6.07 Å². The molecule has 4 aromatic rings. The zero-order valence-corrected chi connectivity index (χ0v) is 26.6. The number of aromatic nitrogens is 3. The number of amidine groups is 1. The van der Waals surface area contributed by atoms with Crippen LogP contribution in [-0.4, -0.2) is 49.6 Å². The standard InChI is InChI=1S/C32H30F4N6O2S2/c1-20(2)26-17-23(33)9-14-27(26)42-28(43)18-46-31(42)39-30(45)37-15-4-3-6-21-7-5-8-22(16-21)29-38-19-41(40-29)24-10-12-25(13-11-24)44-32(34,35)36/h5,7-14,16-17,19-20H,3-4,6,15,18H2,1-2H3,(H,37,45). The van der Waals surface area contributed by atoms with Crippen LogP contribution in [0.3, 0.4) is 0 Å². The molecular weight excluding hydrogens is 641 g/mol. The maximum Gasteiger partial charge on any atom is 0.573 e. The molecule has 2 heterocycles. The van der Waals surface area contributed by atoms with Crippen molar-refractivity contribution >= 4 is 45.9 Å². The summed E-state index contributed by atoms with van der Waals surface area (Å²) in [7, 11) is 0. The molecule has 0 aliphatic carbocycles. The van der Waals surface area contributed by atoms with Gasteiger partial charge in [0.2, 0.25) is 5.91 Å². The second kappa shape index (κ2) is 14.4. The minimum absolute atomic E-state index is 0.0147. The predicted molar refractivity (Wildman–Crippen MR) is 175 cm³/mol. The summed E-state index contributed by atoms with van der Waals surface area (Å²) in [5.41, 5.74) is 3.80. The summed E-state index contributed by atoms with van der Waals surface area (Å²) < 4.78 is 56.6. The quantitative estimate of drug-likeness (QED) is 0.107. The van der Waals surface area contributed by atoms with Gasteiger partial charge >= 0.3 is 6.36 Å². The van der Waals surface area contributed by atoms with Gasteiger partial charge in [-0.1, -0.05) is 43.8 Å². The average Bonchev–Trinajstić information content (AvgIpc) is 3.64. The number of alkyl halides is 3. The number of anilines is 1. The van der Waals surface area contributed by atoms with Gasteiger partial charge in [0.1, 0.15) is 17.9 Å². The van der Waals surface area contributed by atoms with E-state index < -0.39 is 6.36 Å². The first-order chi connectivity index (χ1) is 22.0. The van der Waals surface area contributed by atoms with Crippen LogP contribution in [-0.2, 0) is 11.2 Å². The van der Waals surface area contributed by atoms with E-state index in [0.717, 1.165) is 36.0 Å². The van der Waals surface area contributed by atoms with E-state index >= 15 is 0 Å². The van der Waals surface area contributed by atoms with E-state index in [4.69, 9.17) is 12.2 Å². The van der Waals surface area contributed by atoms with Gasteiger partial charge in [-0.3, -0.25) is 9.69 Å². The lowest BCUT2D eigenvalue weighted by atomic mass is 10.0. The molecule has 5 rings (SSSR count). The molecule has 14 heteroatoms. The number of unbranched alkanes of at least 4 members (excludes halogenated alkanes) is 1. The van der Waals surface area contributed by atoms with Crippen molar-refractivity contribution in [1.82, 2.24) is 20.1 Å². The molecule has 0 bridgehead atoms. The molecule has 3 aromatic carbocycles. The lowest BCUT2D eigenvalue weighted by Gasteiger charge is -2.21. The van der Waals surface area contributed by atoms with Crippen molar-refractivity contribution in [3.63, 3.8) is 0 Å². The van der Waals surface area contributed by atoms with Crippen LogP contribution in [0.25, 0.3) is 17.1 Å². The third kappa shape index (κ3) is 8.49. The minimum Gasteiger partial charge on any atom is -0.406 e. The lowest BCUT2D eigenvalue weighted by Crippen LogP contribution is -2.32. The average molecular weight is 671 g/mol. The zero-order chi connectivity index (χ0) is 32.8. The molecule has 0 radical (unpaired) electrons. The number of thiocarbonyl (C=S) groups is 1. The topological polar surface area (TPSA) is 84.6 Å². The van der Waals surface area contributed by atoms with Crippen molar-refractivity contribution in [1.29, 1.82) is 0 Å². The molecule has 46 heavy (non-hydrogen) atoms. The summed E-state index contributed by atoms with van der Waals surface area (Å²) in [6.07, 6.45) is -0.756. The van der Waals surface area contributed by atoms with E-state index in [1.165, 1.54) is 64.1 Å². The van der Waals surface area contributed by atoms with Gasteiger partial charge in [0.05, 0.1) is 17.1 Å². The molecular formula is C32H30F4N6O2S2. The molecule has 1 saturated heterocycles. The van der Waals surface area contributed by atoms with Crippen LogP contribution >= 0.6 is 24.0 Å². The summed E-state index contributed by atoms with van der Waals surface area (Å²) in [5, 5.41) is 8.37. The SMILES string of the molecule is CC(C)c1cc(F)ccc1N1C(=O)CSC1=NC(=S)NCCCCc1cccc(-c2ncn(-c3ccc(OC(F)(F)F)cc3)n2)c1. The molecule has 1 aromatic heterocycles. The van der Waals surface area contributed by atoms with Gasteiger partial charge < -0.3 is 10.1 Å². The number of hydrogen-bond acceptors (Lipinski definition) is 6. The molecule has 0 spiro atoms. The molecule has 1 amide bonds. The molecule has 240 valence electrons. The first-order valence-corrected chi connectivity index (χ1v) is 15.8. The van der Waals surface area contributed by atoms with Crippen LogP contribution in [0.2, 0.25) is 0 Å². The van der Waals surface area contributed by atoms with Crippen LogP contribution in [0, 0.1) is 5.82 Å². The van der Waals surface area contributed by atoms with Gasteiger partial charge in [-0.2, -0.15) is 4.99 Å². The molecule has 1 aliphatic rings. The molecule has 8 nitrogen and oxygen atoms in total. The summed E-state index contributed by atoms with van der Waals surface area (Å²) in [6.45, 7) is 4.49. The number of benzene rings is 3. The maximum atomic E-state index is 13.9. The number of carbonyl (C=O) groups is 1. The van der Waals surface area contributed by atoms with Gasteiger partial charge in [0, 0.05) is 12.1 Å². The molecule has 0 saturated carbocycles. The number of amides is 1. The van der Waals surface area contributed by atoms with Crippen molar-refractivity contribution in [2.45, 2.75) is 45.4 Å². The number of hydrogen-bond donors (Lipinski definition) is 1. The van der Waals surface area contributed by atoms with E-state index in [2.05, 4.69) is 25.1 Å². The molecule has 1 N–H and O–H groups in total. The number of aryl methyl sites for hydroxylation is 1. The number of carbonyl (C=O) groups excluding carboxylic acids is 1. The number of rotatable bonds is 10. The Morgan fingerprint density at radius 2 is 1.89 bits per heavy atom. The van der Waals surface area contributed by atoms with Crippen LogP contribution in [0.15, 0.2) is 78.0 Å². The third-order valence-electron chi connectivity index (χ3n) is 7.00. The molecule has 0 unspecified atom stereocenters. The lowest BCUT2D eigenvalue weighted by molar-refractivity contribution is -0.274. The Labute approximate surface area is 272 Å². The smallest absolute Gasteiger partial charge is 0.406 e. The van der Waals surface area contributed by atoms with Crippen molar-refractivity contribution in [3.05, 3.63) is 90.0 Å². The summed E-state index contributed by atoms with van der Waals surface area (Å²) in [4.78, 5) is 23.1. The molecule has 1 aliphatic heterocycles. The second-order valence-electron chi connectivity index (χ2n) is 10.7. The number of aliphatic imine (C=N–C) groups is 1. The van der Waals surface area contributed by atoms with Gasteiger partial charge in [0.25, 0.3) is 0 Å². The Morgan fingerprint density at radius 3 is 2.63 bits per heavy atom. The van der Waals surface area contributed by atoms with Crippen LogP contribution in [0.5, 0.6) is 5.75 Å². The highest BCUT2D eigenvalue weighted by Crippen LogP contribution is 2.34. The fraction of sp³-hybridized carbons (Fsp3) is 0.281. The van der Waals surface area contributed by atoms with Crippen molar-refractivity contribution < 1.29 is 27.1 Å². The van der Waals surface area contributed by atoms with Crippen LogP contribution < -0.4 is 15.0 Å². The highest BCUT2D eigenvalue weighted by atomic mass is 32.2. The normalized spacial score (nSPS) is 14.4. The Hall–Kier alpha value is -4.30. The second-order valence-corrected chi connectivity index (χ2v) is 12.0. The monoisotopic (exact) mass is 670 g/mol. The van der Waals surface area contributed by atoms with E-state index in [-0.39, 0.29) is 34.3 Å². The minimum atomic E-state index is -4.75. The number of ether oxygens (including phenoxy) is 1. The van der Waals surface area contributed by atoms with E-state index in [0.29, 0.717) is 28.9 Å². The molecule has 1 fully saturated rings. The predicted octanol–water partition coefficient (Wildman–Crippen LogP) is 7.43. The fourth-order valence-electron chi connectivity index (χ4n) is 4.84. The highest BCUT2D eigenvalue weighted by molar-refractivity contribution is 8.15. The van der Waals surface area contributed by atoms with Crippen molar-refractivity contribution in [3.8, 4) is 22.8 Å². The first kappa shape index (κ1) is 33.1. The van der Waals surface area contributed by atoms with Crippen molar-refractivity contribution in [2.75, 3.05) is 17.2 Å². The number of nitrogens with one attached hydrogen (secondary N) is 1. The van der Waals surface area contributed by atoms with Gasteiger partial charge in [-0.15, -0.1) is 18.3 Å². The highest BCUT2D eigenvalue weighted by Gasteiger charge is 2.32. The Kier molecular flexibility index (Phi) is 10.4. The summed E-state index contributed by atoms with van der Waals surface area (Å²) in [6, 6.07) is 17.6. The Morgan fingerprint density at radius 1 is 1.11 bits per heavy atom. The Balaban J connectivity index is 1.12. The largest absolute Gasteiger partial charge is 0.573 e. The maximum absolute atomic E-state index is 13.9. The van der Waals surface area contributed by atoms with Gasteiger partial charge in [-0.05, 0) is 97.1 Å². The summed E-state index contributed by atoms with van der Waals surface area (Å²) in [5.74, 6) is -0.0558. The van der Waals surface area contributed by atoms with Crippen LogP contribution in [0.4, 0.5) is 23.2 Å². The molecule has 0 atom stereocenters. The van der Waals surface area contributed by atoms with Crippen molar-refractivity contribution in [2.24, 2.45) is 4.99 Å². The third-order valence-corrected chi connectivity index (χ3v) is 8.15.